The lowest BCUT2D eigenvalue weighted by Crippen LogP contribution is -2.37. The predicted molar refractivity (Wildman–Crippen MR) is 85.3 cm³/mol. The first-order valence-corrected chi connectivity index (χ1v) is 6.30. The molecule has 0 aromatic heterocycles. The molecule has 5 heteroatoms. The van der Waals surface area contributed by atoms with E-state index in [9.17, 15) is 0 Å². The quantitative estimate of drug-likeness (QED) is 0.303. The monoisotopic (exact) mass is 357 g/mol. The van der Waals surface area contributed by atoms with Crippen molar-refractivity contribution in [2.24, 2.45) is 10.9 Å². The van der Waals surface area contributed by atoms with Gasteiger partial charge in [0.25, 0.3) is 0 Å². The largest absolute Gasteiger partial charge is 0.380 e. The fourth-order valence-corrected chi connectivity index (χ4v) is 1.15. The van der Waals surface area contributed by atoms with Crippen LogP contribution in [0.1, 0.15) is 34.1 Å². The Morgan fingerprint density at radius 1 is 1.12 bits per heavy atom. The van der Waals surface area contributed by atoms with Gasteiger partial charge in [-0.05, 0) is 26.2 Å². The van der Waals surface area contributed by atoms with E-state index in [-0.39, 0.29) is 24.0 Å². The Morgan fingerprint density at radius 2 is 1.71 bits per heavy atom. The third-order valence-electron chi connectivity index (χ3n) is 2.03. The van der Waals surface area contributed by atoms with Crippen molar-refractivity contribution in [2.45, 2.75) is 34.1 Å². The molecule has 0 aliphatic carbocycles. The van der Waals surface area contributed by atoms with E-state index in [4.69, 9.17) is 4.74 Å². The van der Waals surface area contributed by atoms with Gasteiger partial charge < -0.3 is 15.4 Å². The highest BCUT2D eigenvalue weighted by atomic mass is 127. The van der Waals surface area contributed by atoms with E-state index in [1.165, 1.54) is 0 Å². The number of halogens is 1. The molecule has 0 saturated heterocycles. The summed E-state index contributed by atoms with van der Waals surface area (Å²) in [6.45, 7) is 12.6. The van der Waals surface area contributed by atoms with E-state index < -0.39 is 0 Å². The van der Waals surface area contributed by atoms with Gasteiger partial charge in [0.2, 0.25) is 0 Å². The molecular formula is C12H28IN3O. The van der Waals surface area contributed by atoms with Gasteiger partial charge in [-0.3, -0.25) is 4.99 Å². The minimum atomic E-state index is 0. The highest BCUT2D eigenvalue weighted by Gasteiger charge is 1.95. The lowest BCUT2D eigenvalue weighted by molar-refractivity contribution is 0.130. The maximum atomic E-state index is 5.49. The predicted octanol–water partition coefficient (Wildman–Crippen LogP) is 2.24. The first kappa shape index (κ1) is 19.3. The molecule has 0 aromatic carbocycles. The number of hydrogen-bond donors (Lipinski definition) is 2. The number of nitrogens with zero attached hydrogens (tertiary/aromatic N) is 1. The Kier molecular flexibility index (Phi) is 15.9. The van der Waals surface area contributed by atoms with Crippen LogP contribution in [-0.4, -0.2) is 38.8 Å². The Morgan fingerprint density at radius 3 is 2.18 bits per heavy atom. The van der Waals surface area contributed by atoms with E-state index in [1.807, 2.05) is 0 Å². The standard InChI is InChI=1S/C12H27N3O.HI/c1-5-13-12(14-6-2)15-8-10-16-9-7-11(3)4;/h11H,5-10H2,1-4H3,(H2,13,14,15);1H. The molecule has 0 spiro atoms. The molecule has 4 nitrogen and oxygen atoms in total. The van der Waals surface area contributed by atoms with Gasteiger partial charge in [0, 0.05) is 19.7 Å². The van der Waals surface area contributed by atoms with E-state index >= 15 is 0 Å². The van der Waals surface area contributed by atoms with Gasteiger partial charge in [0.05, 0.1) is 13.2 Å². The molecule has 0 unspecified atom stereocenters. The molecule has 0 amide bonds. The van der Waals surface area contributed by atoms with Crippen LogP contribution >= 0.6 is 24.0 Å². The smallest absolute Gasteiger partial charge is 0.191 e. The number of ether oxygens (including phenoxy) is 1. The zero-order valence-electron chi connectivity index (χ0n) is 11.6. The van der Waals surface area contributed by atoms with Crippen molar-refractivity contribution in [3.05, 3.63) is 0 Å². The second-order valence-electron chi connectivity index (χ2n) is 4.09. The van der Waals surface area contributed by atoms with Crippen molar-refractivity contribution in [3.8, 4) is 0 Å². The van der Waals surface area contributed by atoms with Crippen molar-refractivity contribution in [1.82, 2.24) is 10.6 Å². The average molecular weight is 357 g/mol. The zero-order chi connectivity index (χ0) is 12.2. The summed E-state index contributed by atoms with van der Waals surface area (Å²) in [6, 6.07) is 0. The molecule has 0 aromatic rings. The van der Waals surface area contributed by atoms with Gasteiger partial charge >= 0.3 is 0 Å². The number of nitrogens with one attached hydrogen (secondary N) is 2. The fourth-order valence-electron chi connectivity index (χ4n) is 1.15. The molecule has 0 aliphatic heterocycles. The topological polar surface area (TPSA) is 45.7 Å². The van der Waals surface area contributed by atoms with Crippen molar-refractivity contribution in [1.29, 1.82) is 0 Å². The minimum Gasteiger partial charge on any atom is -0.380 e. The second-order valence-corrected chi connectivity index (χ2v) is 4.09. The molecule has 0 atom stereocenters. The van der Waals surface area contributed by atoms with Crippen molar-refractivity contribution < 1.29 is 4.74 Å². The summed E-state index contributed by atoms with van der Waals surface area (Å²) in [7, 11) is 0. The third kappa shape index (κ3) is 13.9. The molecule has 0 aliphatic rings. The molecule has 2 N–H and O–H groups in total. The lowest BCUT2D eigenvalue weighted by atomic mass is 10.1. The normalized spacial score (nSPS) is 9.71. The summed E-state index contributed by atoms with van der Waals surface area (Å²) in [5, 5.41) is 6.35. The molecule has 0 bridgehead atoms. The Hall–Kier alpha value is -0.0400. The molecule has 17 heavy (non-hydrogen) atoms. The van der Waals surface area contributed by atoms with Crippen LogP contribution in [0, 0.1) is 5.92 Å². The van der Waals surface area contributed by atoms with E-state index in [1.54, 1.807) is 0 Å². The van der Waals surface area contributed by atoms with Crippen LogP contribution in [0.4, 0.5) is 0 Å². The van der Waals surface area contributed by atoms with Crippen LogP contribution in [0.25, 0.3) is 0 Å². The minimum absolute atomic E-state index is 0. The van der Waals surface area contributed by atoms with Crippen LogP contribution in [-0.2, 0) is 4.74 Å². The SMILES string of the molecule is CCNC(=NCCOCCC(C)C)NCC.I. The van der Waals surface area contributed by atoms with Gasteiger partial charge in [-0.2, -0.15) is 0 Å². The Bertz CT molecular complexity index is 179. The number of rotatable bonds is 8. The zero-order valence-corrected chi connectivity index (χ0v) is 13.9. The van der Waals surface area contributed by atoms with Crippen LogP contribution < -0.4 is 10.6 Å². The van der Waals surface area contributed by atoms with Gasteiger partial charge in [-0.25, -0.2) is 0 Å². The fraction of sp³-hybridized carbons (Fsp3) is 0.917. The highest BCUT2D eigenvalue weighted by Crippen LogP contribution is 1.98. The molecule has 0 fully saturated rings. The molecule has 0 radical (unpaired) electrons. The van der Waals surface area contributed by atoms with Crippen LogP contribution in [0.3, 0.4) is 0 Å². The first-order valence-electron chi connectivity index (χ1n) is 6.30. The number of hydrogen-bond acceptors (Lipinski definition) is 2. The summed E-state index contributed by atoms with van der Waals surface area (Å²) in [5.41, 5.74) is 0. The summed E-state index contributed by atoms with van der Waals surface area (Å²) in [5.74, 6) is 1.58. The molecule has 104 valence electrons. The van der Waals surface area contributed by atoms with E-state index in [2.05, 4.69) is 43.3 Å². The second kappa shape index (κ2) is 14.0. The number of guanidine groups is 1. The first-order chi connectivity index (χ1) is 7.70. The van der Waals surface area contributed by atoms with E-state index in [0.717, 1.165) is 32.1 Å². The molecule has 0 rings (SSSR count). The van der Waals surface area contributed by atoms with Crippen LogP contribution in [0.2, 0.25) is 0 Å². The summed E-state index contributed by atoms with van der Waals surface area (Å²) in [6.07, 6.45) is 1.12. The van der Waals surface area contributed by atoms with Gasteiger partial charge in [0.15, 0.2) is 5.96 Å². The van der Waals surface area contributed by atoms with Gasteiger partial charge in [0.1, 0.15) is 0 Å². The van der Waals surface area contributed by atoms with Crippen molar-refractivity contribution >= 4 is 29.9 Å². The van der Waals surface area contributed by atoms with Crippen LogP contribution in [0.15, 0.2) is 4.99 Å². The van der Waals surface area contributed by atoms with Gasteiger partial charge in [-0.1, -0.05) is 13.8 Å². The van der Waals surface area contributed by atoms with E-state index in [0.29, 0.717) is 19.1 Å². The Labute approximate surface area is 123 Å². The summed E-state index contributed by atoms with van der Waals surface area (Å²) in [4.78, 5) is 4.39. The molecule has 0 saturated carbocycles. The van der Waals surface area contributed by atoms with Gasteiger partial charge in [-0.15, -0.1) is 24.0 Å². The molecule has 0 heterocycles. The van der Waals surface area contributed by atoms with Crippen LogP contribution in [0.5, 0.6) is 0 Å². The maximum Gasteiger partial charge on any atom is 0.191 e. The average Bonchev–Trinajstić information content (AvgIpc) is 2.23. The maximum absolute atomic E-state index is 5.49. The lowest BCUT2D eigenvalue weighted by Gasteiger charge is -2.09. The number of aliphatic imine (C=N–C) groups is 1. The summed E-state index contributed by atoms with van der Waals surface area (Å²) < 4.78 is 5.49. The molecular weight excluding hydrogens is 329 g/mol. The Balaban J connectivity index is 0. The van der Waals surface area contributed by atoms with Crippen molar-refractivity contribution in [3.63, 3.8) is 0 Å². The summed E-state index contributed by atoms with van der Waals surface area (Å²) >= 11 is 0. The van der Waals surface area contributed by atoms with Crippen molar-refractivity contribution in [2.75, 3.05) is 32.8 Å². The highest BCUT2D eigenvalue weighted by molar-refractivity contribution is 14.0. The third-order valence-corrected chi connectivity index (χ3v) is 2.03.